The predicted octanol–water partition coefficient (Wildman–Crippen LogP) is 5.58. The Morgan fingerprint density at radius 3 is 2.46 bits per heavy atom. The van der Waals surface area contributed by atoms with Gasteiger partial charge in [0.05, 0.1) is 0 Å². The van der Waals surface area contributed by atoms with E-state index in [1.54, 1.807) is 0 Å². The number of rotatable bonds is 2. The lowest BCUT2D eigenvalue weighted by Crippen LogP contribution is -2.30. The van der Waals surface area contributed by atoms with E-state index in [1.165, 1.54) is 22.3 Å². The Bertz CT molecular complexity index is 857. The van der Waals surface area contributed by atoms with Crippen molar-refractivity contribution in [3.05, 3.63) is 94.5 Å². The van der Waals surface area contributed by atoms with Crippen LogP contribution in [-0.4, -0.2) is 18.5 Å². The van der Waals surface area contributed by atoms with Crippen molar-refractivity contribution in [1.29, 1.82) is 0 Å². The first kappa shape index (κ1) is 15.4. The topological polar surface area (TPSA) is 3.24 Å². The maximum absolute atomic E-state index is 6.38. The second-order valence-corrected chi connectivity index (χ2v) is 6.96. The Kier molecular flexibility index (Phi) is 4.13. The summed E-state index contributed by atoms with van der Waals surface area (Å²) in [5.41, 5.74) is 6.52. The Labute approximate surface area is 148 Å². The minimum absolute atomic E-state index is 0.431. The molecule has 1 nitrogen and oxygen atoms in total. The average Bonchev–Trinajstić information content (AvgIpc) is 2.61. The van der Waals surface area contributed by atoms with E-state index < -0.39 is 0 Å². The second kappa shape index (κ2) is 6.43. The van der Waals surface area contributed by atoms with E-state index in [0.717, 1.165) is 23.7 Å². The van der Waals surface area contributed by atoms with Crippen LogP contribution in [0.25, 0.3) is 11.1 Å². The van der Waals surface area contributed by atoms with Crippen LogP contribution in [0.1, 0.15) is 22.6 Å². The molecule has 0 aliphatic carbocycles. The van der Waals surface area contributed by atoms with Crippen molar-refractivity contribution in [2.75, 3.05) is 13.6 Å². The minimum Gasteiger partial charge on any atom is -0.301 e. The summed E-state index contributed by atoms with van der Waals surface area (Å²) in [7, 11) is 2.20. The molecule has 1 aliphatic rings. The lowest BCUT2D eigenvalue weighted by molar-refractivity contribution is 0.295. The minimum atomic E-state index is 0.431. The molecule has 0 bridgehead atoms. The van der Waals surface area contributed by atoms with Crippen molar-refractivity contribution in [3.63, 3.8) is 0 Å². The molecular weight excluding hydrogens is 314 g/mol. The van der Waals surface area contributed by atoms with E-state index in [0.29, 0.717) is 5.92 Å². The lowest BCUT2D eigenvalue weighted by atomic mass is 9.83. The number of halogens is 1. The third kappa shape index (κ3) is 2.86. The molecule has 3 aromatic rings. The highest BCUT2D eigenvalue weighted by molar-refractivity contribution is 6.33. The summed E-state index contributed by atoms with van der Waals surface area (Å²) in [4.78, 5) is 2.40. The van der Waals surface area contributed by atoms with Crippen molar-refractivity contribution in [1.82, 2.24) is 4.90 Å². The Morgan fingerprint density at radius 1 is 0.917 bits per heavy atom. The average molecular weight is 334 g/mol. The van der Waals surface area contributed by atoms with E-state index in [-0.39, 0.29) is 0 Å². The number of nitrogens with zero attached hydrogens (tertiary/aromatic N) is 1. The molecular formula is C22H20ClN. The van der Waals surface area contributed by atoms with Gasteiger partial charge in [0, 0.05) is 29.6 Å². The van der Waals surface area contributed by atoms with Gasteiger partial charge in [0.15, 0.2) is 0 Å². The predicted molar refractivity (Wildman–Crippen MR) is 102 cm³/mol. The summed E-state index contributed by atoms with van der Waals surface area (Å²) in [5.74, 6) is 0.431. The normalized spacial score (nSPS) is 17.5. The maximum atomic E-state index is 6.38. The van der Waals surface area contributed by atoms with Gasteiger partial charge >= 0.3 is 0 Å². The van der Waals surface area contributed by atoms with Gasteiger partial charge in [-0.2, -0.15) is 0 Å². The molecule has 0 unspecified atom stereocenters. The molecule has 0 spiro atoms. The van der Waals surface area contributed by atoms with Crippen LogP contribution in [0.5, 0.6) is 0 Å². The molecule has 0 N–H and O–H groups in total. The molecule has 0 radical (unpaired) electrons. The van der Waals surface area contributed by atoms with Gasteiger partial charge in [-0.05, 0) is 41.4 Å². The summed E-state index contributed by atoms with van der Waals surface area (Å²) in [6.45, 7) is 2.04. The molecule has 0 aromatic heterocycles. The standard InChI is InChI=1S/C22H20ClN/c1-24-14-18-13-17(20-9-5-6-10-22(20)23)11-12-19(18)21(15-24)16-7-3-2-4-8-16/h2-13,21H,14-15H2,1H3/t21-/m1/s1. The fourth-order valence-electron chi connectivity index (χ4n) is 3.68. The molecule has 1 aliphatic heterocycles. The molecule has 0 amide bonds. The van der Waals surface area contributed by atoms with Crippen LogP contribution in [0, 0.1) is 0 Å². The van der Waals surface area contributed by atoms with Crippen LogP contribution in [0.2, 0.25) is 5.02 Å². The number of hydrogen-bond acceptors (Lipinski definition) is 1. The first-order valence-electron chi connectivity index (χ1n) is 8.33. The Balaban J connectivity index is 1.79. The first-order valence-corrected chi connectivity index (χ1v) is 8.71. The summed E-state index contributed by atoms with van der Waals surface area (Å²) in [6.07, 6.45) is 0. The van der Waals surface area contributed by atoms with Gasteiger partial charge in [-0.1, -0.05) is 72.3 Å². The maximum Gasteiger partial charge on any atom is 0.0484 e. The molecule has 1 heterocycles. The van der Waals surface area contributed by atoms with Crippen LogP contribution >= 0.6 is 11.6 Å². The van der Waals surface area contributed by atoms with Crippen LogP contribution < -0.4 is 0 Å². The highest BCUT2D eigenvalue weighted by Gasteiger charge is 2.25. The zero-order chi connectivity index (χ0) is 16.5. The summed E-state index contributed by atoms with van der Waals surface area (Å²) >= 11 is 6.38. The quantitative estimate of drug-likeness (QED) is 0.591. The molecule has 24 heavy (non-hydrogen) atoms. The van der Waals surface area contributed by atoms with E-state index in [1.807, 2.05) is 18.2 Å². The van der Waals surface area contributed by atoms with Crippen molar-refractivity contribution >= 4 is 11.6 Å². The molecule has 0 fully saturated rings. The third-order valence-electron chi connectivity index (χ3n) is 4.84. The zero-order valence-electron chi connectivity index (χ0n) is 13.7. The lowest BCUT2D eigenvalue weighted by Gasteiger charge is -2.33. The molecule has 2 heteroatoms. The fraction of sp³-hybridized carbons (Fsp3) is 0.182. The smallest absolute Gasteiger partial charge is 0.0484 e. The molecule has 1 atom stereocenters. The Hall–Kier alpha value is -2.09. The third-order valence-corrected chi connectivity index (χ3v) is 5.17. The van der Waals surface area contributed by atoms with Gasteiger partial charge in [0.25, 0.3) is 0 Å². The molecule has 4 rings (SSSR count). The molecule has 0 saturated heterocycles. The summed E-state index contributed by atoms with van der Waals surface area (Å²) in [5, 5.41) is 0.807. The van der Waals surface area contributed by atoms with Crippen molar-refractivity contribution in [2.45, 2.75) is 12.5 Å². The number of fused-ring (bicyclic) bond motifs is 1. The van der Waals surface area contributed by atoms with Gasteiger partial charge in [0.1, 0.15) is 0 Å². The molecule has 3 aromatic carbocycles. The van der Waals surface area contributed by atoms with Crippen LogP contribution in [0.3, 0.4) is 0 Å². The highest BCUT2D eigenvalue weighted by Crippen LogP contribution is 2.36. The molecule has 120 valence electrons. The van der Waals surface area contributed by atoms with Gasteiger partial charge < -0.3 is 4.90 Å². The van der Waals surface area contributed by atoms with Crippen LogP contribution in [0.15, 0.2) is 72.8 Å². The van der Waals surface area contributed by atoms with Crippen LogP contribution in [-0.2, 0) is 6.54 Å². The SMILES string of the molecule is CN1Cc2cc(-c3ccccc3Cl)ccc2[C@@H](c2ccccc2)C1. The van der Waals surface area contributed by atoms with Gasteiger partial charge in [-0.25, -0.2) is 0 Å². The van der Waals surface area contributed by atoms with Crippen molar-refractivity contribution < 1.29 is 0 Å². The van der Waals surface area contributed by atoms with E-state index >= 15 is 0 Å². The summed E-state index contributed by atoms with van der Waals surface area (Å²) in [6, 6.07) is 25.7. The van der Waals surface area contributed by atoms with Gasteiger partial charge in [-0.3, -0.25) is 0 Å². The van der Waals surface area contributed by atoms with Crippen LogP contribution in [0.4, 0.5) is 0 Å². The van der Waals surface area contributed by atoms with Gasteiger partial charge in [-0.15, -0.1) is 0 Å². The fourth-order valence-corrected chi connectivity index (χ4v) is 3.93. The monoisotopic (exact) mass is 333 g/mol. The molecule has 0 saturated carbocycles. The van der Waals surface area contributed by atoms with E-state index in [9.17, 15) is 0 Å². The Morgan fingerprint density at radius 2 is 1.67 bits per heavy atom. The van der Waals surface area contributed by atoms with E-state index in [4.69, 9.17) is 11.6 Å². The van der Waals surface area contributed by atoms with Crippen molar-refractivity contribution in [2.24, 2.45) is 0 Å². The number of benzene rings is 3. The number of hydrogen-bond donors (Lipinski definition) is 0. The second-order valence-electron chi connectivity index (χ2n) is 6.55. The van der Waals surface area contributed by atoms with E-state index in [2.05, 4.69) is 66.5 Å². The highest BCUT2D eigenvalue weighted by atomic mass is 35.5. The summed E-state index contributed by atoms with van der Waals surface area (Å²) < 4.78 is 0. The van der Waals surface area contributed by atoms with Crippen molar-refractivity contribution in [3.8, 4) is 11.1 Å². The largest absolute Gasteiger partial charge is 0.301 e. The zero-order valence-corrected chi connectivity index (χ0v) is 14.5. The number of likely N-dealkylation sites (N-methyl/N-ethyl adjacent to an activating group) is 1. The van der Waals surface area contributed by atoms with Gasteiger partial charge in [0.2, 0.25) is 0 Å². The first-order chi connectivity index (χ1) is 11.7.